The van der Waals surface area contributed by atoms with Gasteiger partial charge in [-0.25, -0.2) is 0 Å². The molecule has 0 amide bonds. The van der Waals surface area contributed by atoms with Gasteiger partial charge in [0.1, 0.15) is 0 Å². The summed E-state index contributed by atoms with van der Waals surface area (Å²) in [7, 11) is 0. The Labute approximate surface area is 186 Å². The van der Waals surface area contributed by atoms with Crippen LogP contribution in [0.25, 0.3) is 22.4 Å². The molecule has 27 heavy (non-hydrogen) atoms. The monoisotopic (exact) mass is 474 g/mol. The van der Waals surface area contributed by atoms with E-state index in [1.807, 2.05) is 0 Å². The number of rotatable bonds is 3. The lowest BCUT2D eigenvalue weighted by atomic mass is 10.0. The topological polar surface area (TPSA) is 36.7 Å². The maximum atomic E-state index is 9.22. The van der Waals surface area contributed by atoms with Crippen LogP contribution in [0.1, 0.15) is 5.69 Å². The number of nitriles is 1. The van der Waals surface area contributed by atoms with Gasteiger partial charge in [0, 0.05) is 16.7 Å². The maximum Gasteiger partial charge on any atom is 0.0781 e. The van der Waals surface area contributed by atoms with Gasteiger partial charge in [0.05, 0.1) is 54.0 Å². The summed E-state index contributed by atoms with van der Waals surface area (Å²) in [4.78, 5) is 4.59. The van der Waals surface area contributed by atoms with Gasteiger partial charge < -0.3 is 0 Å². The molecule has 0 atom stereocenters. The van der Waals surface area contributed by atoms with Gasteiger partial charge in [-0.3, -0.25) is 4.98 Å². The smallest absolute Gasteiger partial charge is 0.0781 e. The van der Waals surface area contributed by atoms with Gasteiger partial charge in [0.15, 0.2) is 0 Å². The van der Waals surface area contributed by atoms with E-state index in [0.717, 1.165) is 0 Å². The Morgan fingerprint density at radius 3 is 1.78 bits per heavy atom. The average molecular weight is 477 g/mol. The largest absolute Gasteiger partial charge is 0.251 e. The molecule has 0 aliphatic heterocycles. The Morgan fingerprint density at radius 2 is 1.19 bits per heavy atom. The van der Waals surface area contributed by atoms with Crippen LogP contribution < -0.4 is 0 Å². The first-order valence-corrected chi connectivity index (χ1v) is 9.75. The van der Waals surface area contributed by atoms with Gasteiger partial charge in [0.2, 0.25) is 0 Å². The summed E-state index contributed by atoms with van der Waals surface area (Å²) >= 11 is 36.8. The van der Waals surface area contributed by atoms with Crippen LogP contribution in [0.5, 0.6) is 0 Å². The molecule has 0 aliphatic carbocycles. The number of hydrogen-bond donors (Lipinski definition) is 0. The lowest BCUT2D eigenvalue weighted by Crippen LogP contribution is -1.97. The van der Waals surface area contributed by atoms with Gasteiger partial charge in [-0.1, -0.05) is 75.7 Å². The number of benzene rings is 2. The molecule has 0 saturated carbocycles. The van der Waals surface area contributed by atoms with E-state index in [9.17, 15) is 5.26 Å². The van der Waals surface area contributed by atoms with Crippen molar-refractivity contribution in [2.45, 2.75) is 6.42 Å². The van der Waals surface area contributed by atoms with Crippen LogP contribution >= 0.6 is 69.6 Å². The van der Waals surface area contributed by atoms with E-state index in [2.05, 4.69) is 11.1 Å². The number of pyridine rings is 1. The molecule has 8 heteroatoms. The minimum Gasteiger partial charge on any atom is -0.251 e. The molecular weight excluding hydrogens is 469 g/mol. The third-order valence-corrected chi connectivity index (χ3v) is 5.88. The molecule has 0 radical (unpaired) electrons. The van der Waals surface area contributed by atoms with Crippen LogP contribution in [0.2, 0.25) is 30.1 Å². The first kappa shape index (κ1) is 20.6. The van der Waals surface area contributed by atoms with Crippen molar-refractivity contribution in [2.75, 3.05) is 0 Å². The standard InChI is InChI=1S/C19H8Cl6N2/c20-12-7-16(24)14(22)5-10(12)9-1-2-18(27-19(9)3-4-26)11-6-15(23)17(25)8-13(11)21/h1-2,5-8H,3H2. The molecule has 0 spiro atoms. The molecule has 2 nitrogen and oxygen atoms in total. The van der Waals surface area contributed by atoms with Gasteiger partial charge in [-0.05, 0) is 30.3 Å². The lowest BCUT2D eigenvalue weighted by Gasteiger charge is -2.13. The molecular formula is C19H8Cl6N2. The molecule has 2 aromatic carbocycles. The van der Waals surface area contributed by atoms with Crippen molar-refractivity contribution in [1.82, 2.24) is 4.98 Å². The quantitative estimate of drug-likeness (QED) is 0.356. The predicted octanol–water partition coefficient (Wildman–Crippen LogP) is 8.40. The first-order chi connectivity index (χ1) is 12.8. The normalized spacial score (nSPS) is 10.7. The van der Waals surface area contributed by atoms with Gasteiger partial charge >= 0.3 is 0 Å². The van der Waals surface area contributed by atoms with Crippen LogP contribution in [0.15, 0.2) is 36.4 Å². The number of hydrogen-bond acceptors (Lipinski definition) is 2. The highest BCUT2D eigenvalue weighted by atomic mass is 35.5. The average Bonchev–Trinajstić information content (AvgIpc) is 2.62. The second-order valence-corrected chi connectivity index (χ2v) is 7.96. The lowest BCUT2D eigenvalue weighted by molar-refractivity contribution is 1.12. The van der Waals surface area contributed by atoms with E-state index in [0.29, 0.717) is 58.2 Å². The highest BCUT2D eigenvalue weighted by Gasteiger charge is 2.16. The Morgan fingerprint density at radius 1 is 0.667 bits per heavy atom. The SMILES string of the molecule is N#CCc1nc(-c2cc(Cl)c(Cl)cc2Cl)ccc1-c1cc(Cl)c(Cl)cc1Cl. The van der Waals surface area contributed by atoms with Crippen LogP contribution in [0, 0.1) is 11.3 Å². The highest BCUT2D eigenvalue weighted by molar-refractivity contribution is 6.44. The molecule has 0 N–H and O–H groups in total. The zero-order valence-electron chi connectivity index (χ0n) is 13.3. The molecule has 3 rings (SSSR count). The maximum absolute atomic E-state index is 9.22. The van der Waals surface area contributed by atoms with E-state index >= 15 is 0 Å². The minimum absolute atomic E-state index is 0.0681. The Hall–Kier alpha value is -1.18. The van der Waals surface area contributed by atoms with Crippen LogP contribution in [0.3, 0.4) is 0 Å². The number of aromatic nitrogens is 1. The van der Waals surface area contributed by atoms with Crippen molar-refractivity contribution in [3.63, 3.8) is 0 Å². The summed E-state index contributed by atoms with van der Waals surface area (Å²) in [5.74, 6) is 0. The van der Waals surface area contributed by atoms with Crippen molar-refractivity contribution < 1.29 is 0 Å². The van der Waals surface area contributed by atoms with Crippen LogP contribution in [-0.4, -0.2) is 4.98 Å². The third-order valence-electron chi connectivity index (χ3n) is 3.81. The van der Waals surface area contributed by atoms with Crippen molar-refractivity contribution in [3.8, 4) is 28.5 Å². The Kier molecular flexibility index (Phi) is 6.43. The van der Waals surface area contributed by atoms with Gasteiger partial charge in [0.25, 0.3) is 0 Å². The minimum atomic E-state index is 0.0681. The molecule has 0 aliphatic rings. The van der Waals surface area contributed by atoms with E-state index in [-0.39, 0.29) is 6.42 Å². The van der Waals surface area contributed by atoms with E-state index in [1.54, 1.807) is 36.4 Å². The van der Waals surface area contributed by atoms with Gasteiger partial charge in [-0.2, -0.15) is 5.26 Å². The second-order valence-electron chi connectivity index (χ2n) is 5.52. The first-order valence-electron chi connectivity index (χ1n) is 7.48. The number of nitrogens with zero attached hydrogens (tertiary/aromatic N) is 2. The Bertz CT molecular complexity index is 1090. The van der Waals surface area contributed by atoms with Crippen molar-refractivity contribution in [1.29, 1.82) is 5.26 Å². The summed E-state index contributed by atoms with van der Waals surface area (Å²) in [6.07, 6.45) is 0.0681. The van der Waals surface area contributed by atoms with Crippen LogP contribution in [0.4, 0.5) is 0 Å². The summed E-state index contributed by atoms with van der Waals surface area (Å²) in [6, 6.07) is 12.1. The zero-order valence-corrected chi connectivity index (χ0v) is 17.9. The molecule has 0 saturated heterocycles. The van der Waals surface area contributed by atoms with E-state index < -0.39 is 0 Å². The van der Waals surface area contributed by atoms with E-state index in [1.165, 1.54) is 0 Å². The molecule has 136 valence electrons. The second kappa shape index (κ2) is 8.45. The third kappa shape index (κ3) is 4.30. The summed E-state index contributed by atoms with van der Waals surface area (Å²) < 4.78 is 0. The molecule has 1 aromatic heterocycles. The molecule has 0 fully saturated rings. The zero-order chi connectivity index (χ0) is 19.7. The molecule has 1 heterocycles. The van der Waals surface area contributed by atoms with Crippen molar-refractivity contribution in [2.24, 2.45) is 0 Å². The molecule has 0 unspecified atom stereocenters. The highest BCUT2D eigenvalue weighted by Crippen LogP contribution is 2.39. The van der Waals surface area contributed by atoms with Gasteiger partial charge in [-0.15, -0.1) is 0 Å². The summed E-state index contributed by atoms with van der Waals surface area (Å²) in [6.45, 7) is 0. The predicted molar refractivity (Wildman–Crippen MR) is 114 cm³/mol. The fourth-order valence-electron chi connectivity index (χ4n) is 2.55. The summed E-state index contributed by atoms with van der Waals surface area (Å²) in [5.41, 5.74) is 3.01. The number of halogens is 6. The van der Waals surface area contributed by atoms with Crippen molar-refractivity contribution >= 4 is 69.6 Å². The molecule has 0 bridgehead atoms. The Balaban J connectivity index is 2.19. The van der Waals surface area contributed by atoms with E-state index in [4.69, 9.17) is 69.6 Å². The summed E-state index contributed by atoms with van der Waals surface area (Å²) in [5, 5.41) is 11.4. The van der Waals surface area contributed by atoms with Crippen LogP contribution in [-0.2, 0) is 6.42 Å². The molecule has 3 aromatic rings. The fourth-order valence-corrected chi connectivity index (χ4v) is 3.85. The van der Waals surface area contributed by atoms with Crippen molar-refractivity contribution in [3.05, 3.63) is 72.2 Å². The fraction of sp³-hybridized carbons (Fsp3) is 0.0526.